The van der Waals surface area contributed by atoms with Crippen LogP contribution in [-0.4, -0.2) is 69.1 Å². The van der Waals surface area contributed by atoms with E-state index in [4.69, 9.17) is 5.73 Å². The van der Waals surface area contributed by atoms with Crippen molar-refractivity contribution < 1.29 is 9.59 Å². The number of hydrogen-bond donors (Lipinski definition) is 4. The van der Waals surface area contributed by atoms with Crippen molar-refractivity contribution in [3.63, 3.8) is 0 Å². The van der Waals surface area contributed by atoms with Crippen LogP contribution in [0, 0.1) is 22.2 Å². The van der Waals surface area contributed by atoms with E-state index in [1.165, 1.54) is 11.3 Å². The number of carbonyl (C=O) groups excluding carboxylic acids is 2. The van der Waals surface area contributed by atoms with Gasteiger partial charge in [0.25, 0.3) is 0 Å². The van der Waals surface area contributed by atoms with Gasteiger partial charge in [0.05, 0.1) is 5.92 Å². The second kappa shape index (κ2) is 9.86. The summed E-state index contributed by atoms with van der Waals surface area (Å²) in [6.07, 6.45) is 2.55. The van der Waals surface area contributed by atoms with Gasteiger partial charge in [-0.25, -0.2) is 0 Å². The Morgan fingerprint density at radius 1 is 1.00 bits per heavy atom. The van der Waals surface area contributed by atoms with E-state index in [1.807, 2.05) is 0 Å². The first-order valence-electron chi connectivity index (χ1n) is 11.2. The molecule has 168 valence electrons. The van der Waals surface area contributed by atoms with Gasteiger partial charge in [0.2, 0.25) is 11.8 Å². The molecule has 2 fully saturated rings. The number of carbonyl (C=O) groups is 2. The minimum atomic E-state index is -0.189. The van der Waals surface area contributed by atoms with Crippen LogP contribution in [-0.2, 0) is 9.59 Å². The maximum atomic E-state index is 13.0. The summed E-state index contributed by atoms with van der Waals surface area (Å²) in [7, 11) is 0. The van der Waals surface area contributed by atoms with Crippen molar-refractivity contribution in [1.29, 1.82) is 0 Å². The minimum absolute atomic E-state index is 0.0146. The predicted molar refractivity (Wildman–Crippen MR) is 117 cm³/mol. The zero-order valence-corrected chi connectivity index (χ0v) is 19.2. The Bertz CT molecular complexity index is 578. The molecule has 1 saturated carbocycles. The molecule has 0 aromatic heterocycles. The van der Waals surface area contributed by atoms with Crippen LogP contribution in [0.1, 0.15) is 53.9 Å². The molecule has 2 amide bonds. The number of likely N-dealkylation sites (tertiary alicyclic amines) is 1. The van der Waals surface area contributed by atoms with Gasteiger partial charge in [-0.15, -0.1) is 0 Å². The smallest absolute Gasteiger partial charge is 0.233 e. The molecule has 2 rings (SSSR count). The second-order valence-electron chi connectivity index (χ2n) is 10.5. The van der Waals surface area contributed by atoms with E-state index in [2.05, 4.69) is 50.6 Å². The Labute approximate surface area is 176 Å². The Balaban J connectivity index is 1.68. The fraction of sp³-hybridized carbons (Fsp3) is 0.909. The van der Waals surface area contributed by atoms with Crippen molar-refractivity contribution in [1.82, 2.24) is 20.9 Å². The number of imide groups is 1. The van der Waals surface area contributed by atoms with Crippen molar-refractivity contribution >= 4 is 11.8 Å². The maximum absolute atomic E-state index is 13.0. The fourth-order valence-electron chi connectivity index (χ4n) is 4.91. The summed E-state index contributed by atoms with van der Waals surface area (Å²) >= 11 is 0. The molecule has 5 N–H and O–H groups in total. The van der Waals surface area contributed by atoms with Crippen LogP contribution in [0.5, 0.6) is 0 Å². The molecule has 1 aliphatic heterocycles. The Hall–Kier alpha value is -1.02. The molecule has 0 spiro atoms. The summed E-state index contributed by atoms with van der Waals surface area (Å²) in [5, 5.41) is 9.89. The van der Waals surface area contributed by atoms with Gasteiger partial charge in [-0.1, -0.05) is 34.6 Å². The van der Waals surface area contributed by atoms with Crippen molar-refractivity contribution in [3.8, 4) is 0 Å². The zero-order chi connectivity index (χ0) is 21.7. The molecule has 7 nitrogen and oxygen atoms in total. The molecule has 0 aromatic carbocycles. The van der Waals surface area contributed by atoms with Gasteiger partial charge in [-0.3, -0.25) is 14.5 Å². The molecule has 1 aliphatic carbocycles. The van der Waals surface area contributed by atoms with Gasteiger partial charge in [-0.05, 0) is 29.1 Å². The second-order valence-corrected chi connectivity index (χ2v) is 10.5. The van der Waals surface area contributed by atoms with E-state index >= 15 is 0 Å². The highest BCUT2D eigenvalue weighted by Crippen LogP contribution is 2.68. The van der Waals surface area contributed by atoms with E-state index in [0.29, 0.717) is 31.5 Å². The molecule has 2 aliphatic rings. The molecular formula is C22H43N5O2. The highest BCUT2D eigenvalue weighted by molar-refractivity contribution is 6.03. The number of amides is 2. The van der Waals surface area contributed by atoms with Crippen LogP contribution < -0.4 is 21.7 Å². The maximum Gasteiger partial charge on any atom is 0.233 e. The third-order valence-electron chi connectivity index (χ3n) is 7.16. The first-order chi connectivity index (χ1) is 13.5. The SMILES string of the molecule is CC(C)(CC1(C)CC1(C)C)C1CC(=O)N(CCNCCNCCNCCN)C1=O. The van der Waals surface area contributed by atoms with Gasteiger partial charge in [0.1, 0.15) is 0 Å². The quantitative estimate of drug-likeness (QED) is 0.252. The van der Waals surface area contributed by atoms with E-state index in [-0.39, 0.29) is 28.6 Å². The summed E-state index contributed by atoms with van der Waals surface area (Å²) < 4.78 is 0. The fourth-order valence-corrected chi connectivity index (χ4v) is 4.91. The lowest BCUT2D eigenvalue weighted by Crippen LogP contribution is -2.41. The van der Waals surface area contributed by atoms with Crippen LogP contribution in [0.4, 0.5) is 0 Å². The van der Waals surface area contributed by atoms with Gasteiger partial charge in [0.15, 0.2) is 0 Å². The summed E-state index contributed by atoms with van der Waals surface area (Å²) in [6.45, 7) is 17.3. The zero-order valence-electron chi connectivity index (χ0n) is 19.2. The third-order valence-corrected chi connectivity index (χ3v) is 7.16. The van der Waals surface area contributed by atoms with Crippen molar-refractivity contribution in [2.24, 2.45) is 27.9 Å². The molecule has 29 heavy (non-hydrogen) atoms. The molecule has 0 radical (unpaired) electrons. The number of nitrogens with one attached hydrogen (secondary N) is 3. The molecule has 0 bridgehead atoms. The topological polar surface area (TPSA) is 99.5 Å². The van der Waals surface area contributed by atoms with Gasteiger partial charge >= 0.3 is 0 Å². The number of nitrogens with two attached hydrogens (primary N) is 1. The highest BCUT2D eigenvalue weighted by Gasteiger charge is 2.60. The Morgan fingerprint density at radius 2 is 1.52 bits per heavy atom. The van der Waals surface area contributed by atoms with Crippen molar-refractivity contribution in [2.75, 3.05) is 52.4 Å². The number of nitrogens with zero attached hydrogens (tertiary/aromatic N) is 1. The first-order valence-corrected chi connectivity index (χ1v) is 11.2. The molecule has 1 heterocycles. The van der Waals surface area contributed by atoms with Crippen LogP contribution in [0.25, 0.3) is 0 Å². The lowest BCUT2D eigenvalue weighted by molar-refractivity contribution is -0.140. The Kier molecular flexibility index (Phi) is 8.24. The molecule has 2 atom stereocenters. The van der Waals surface area contributed by atoms with E-state index in [0.717, 1.165) is 39.1 Å². The van der Waals surface area contributed by atoms with Gasteiger partial charge in [-0.2, -0.15) is 0 Å². The predicted octanol–water partition coefficient (Wildman–Crippen LogP) is 0.942. The van der Waals surface area contributed by atoms with Crippen LogP contribution in [0.3, 0.4) is 0 Å². The average molecular weight is 410 g/mol. The van der Waals surface area contributed by atoms with Gasteiger partial charge in [0, 0.05) is 58.8 Å². The summed E-state index contributed by atoms with van der Waals surface area (Å²) in [5.41, 5.74) is 5.89. The largest absolute Gasteiger partial charge is 0.329 e. The van der Waals surface area contributed by atoms with Gasteiger partial charge < -0.3 is 21.7 Å². The molecular weight excluding hydrogens is 366 g/mol. The Morgan fingerprint density at radius 3 is 2.03 bits per heavy atom. The highest BCUT2D eigenvalue weighted by atomic mass is 16.2. The van der Waals surface area contributed by atoms with Crippen LogP contribution >= 0.6 is 0 Å². The first kappa shape index (κ1) is 24.3. The van der Waals surface area contributed by atoms with E-state index in [9.17, 15) is 9.59 Å². The third kappa shape index (κ3) is 6.23. The van der Waals surface area contributed by atoms with Crippen LogP contribution in [0.15, 0.2) is 0 Å². The molecule has 2 unspecified atom stereocenters. The summed E-state index contributed by atoms with van der Waals surface area (Å²) in [6, 6.07) is 0. The van der Waals surface area contributed by atoms with E-state index in [1.54, 1.807) is 0 Å². The molecule has 1 saturated heterocycles. The van der Waals surface area contributed by atoms with Crippen molar-refractivity contribution in [3.05, 3.63) is 0 Å². The monoisotopic (exact) mass is 409 g/mol. The minimum Gasteiger partial charge on any atom is -0.329 e. The number of hydrogen-bond acceptors (Lipinski definition) is 6. The standard InChI is InChI=1S/C22H43N5O2/c1-20(2,15-22(5)16-21(22,3)4)17-14-18(28)27(19(17)29)13-12-26-11-10-25-9-8-24-7-6-23/h17,24-26H,6-16,23H2,1-5H3. The lowest BCUT2D eigenvalue weighted by Gasteiger charge is -2.34. The van der Waals surface area contributed by atoms with Crippen LogP contribution in [0.2, 0.25) is 0 Å². The average Bonchev–Trinajstić information content (AvgIpc) is 2.95. The molecule has 0 aromatic rings. The van der Waals surface area contributed by atoms with Crippen molar-refractivity contribution in [2.45, 2.75) is 53.9 Å². The molecule has 7 heteroatoms. The lowest BCUT2D eigenvalue weighted by atomic mass is 9.70. The summed E-state index contributed by atoms with van der Waals surface area (Å²) in [4.78, 5) is 26.9. The number of rotatable bonds is 14. The normalized spacial score (nSPS) is 26.4. The summed E-state index contributed by atoms with van der Waals surface area (Å²) in [5.74, 6) is -0.182. The van der Waals surface area contributed by atoms with E-state index < -0.39 is 0 Å².